The Balaban J connectivity index is 1.81. The standard InChI is InChI=1S/C20H21Cl3N2O4S/c1-12-5-6-18(29-2)19(8-12)30(27,28)25-7-3-4-13(11-25)20(26)24-17-10-15(22)14(21)9-16(17)23/h5-6,8-10,13H,3-4,7,11H2,1-2H3,(H,24,26)/t13-/m1/s1. The fourth-order valence-corrected chi connectivity index (χ4v) is 5.71. The number of benzene rings is 2. The van der Waals surface area contributed by atoms with Crippen LogP contribution in [0.15, 0.2) is 35.2 Å². The first kappa shape index (κ1) is 23.2. The van der Waals surface area contributed by atoms with Crippen LogP contribution in [0.25, 0.3) is 0 Å². The summed E-state index contributed by atoms with van der Waals surface area (Å²) in [5.41, 5.74) is 1.13. The molecular weight excluding hydrogens is 471 g/mol. The molecule has 1 fully saturated rings. The first-order chi connectivity index (χ1) is 14.1. The van der Waals surface area contributed by atoms with Gasteiger partial charge in [0, 0.05) is 13.1 Å². The molecule has 0 bridgehead atoms. The van der Waals surface area contributed by atoms with Gasteiger partial charge in [-0.3, -0.25) is 4.79 Å². The van der Waals surface area contributed by atoms with Gasteiger partial charge in [0.15, 0.2) is 0 Å². The summed E-state index contributed by atoms with van der Waals surface area (Å²) in [5, 5.41) is 3.52. The number of nitrogens with zero attached hydrogens (tertiary/aromatic N) is 1. The molecule has 162 valence electrons. The van der Waals surface area contributed by atoms with Crippen molar-refractivity contribution in [3.63, 3.8) is 0 Å². The van der Waals surface area contributed by atoms with Gasteiger partial charge in [-0.15, -0.1) is 0 Å². The van der Waals surface area contributed by atoms with E-state index >= 15 is 0 Å². The van der Waals surface area contributed by atoms with Gasteiger partial charge in [-0.2, -0.15) is 4.31 Å². The van der Waals surface area contributed by atoms with Crippen molar-refractivity contribution in [2.45, 2.75) is 24.7 Å². The minimum Gasteiger partial charge on any atom is -0.495 e. The highest BCUT2D eigenvalue weighted by molar-refractivity contribution is 7.89. The summed E-state index contributed by atoms with van der Waals surface area (Å²) in [6.07, 6.45) is 1.11. The third-order valence-corrected chi connectivity index (χ3v) is 7.88. The average Bonchev–Trinajstić information content (AvgIpc) is 2.72. The number of piperidine rings is 1. The Morgan fingerprint density at radius 1 is 1.13 bits per heavy atom. The molecule has 0 radical (unpaired) electrons. The molecule has 3 rings (SSSR count). The molecule has 1 amide bonds. The topological polar surface area (TPSA) is 75.7 Å². The van der Waals surface area contributed by atoms with Gasteiger partial charge in [0.05, 0.1) is 33.8 Å². The van der Waals surface area contributed by atoms with Crippen molar-refractivity contribution in [1.29, 1.82) is 0 Å². The van der Waals surface area contributed by atoms with Crippen LogP contribution in [0.3, 0.4) is 0 Å². The van der Waals surface area contributed by atoms with Crippen LogP contribution in [0.2, 0.25) is 15.1 Å². The number of aryl methyl sites for hydroxylation is 1. The fraction of sp³-hybridized carbons (Fsp3) is 0.350. The summed E-state index contributed by atoms with van der Waals surface area (Å²) < 4.78 is 33.1. The highest BCUT2D eigenvalue weighted by atomic mass is 35.5. The SMILES string of the molecule is COc1ccc(C)cc1S(=O)(=O)N1CCC[C@@H](C(=O)Nc2cc(Cl)c(Cl)cc2Cl)C1. The molecule has 0 saturated carbocycles. The maximum absolute atomic E-state index is 13.2. The van der Waals surface area contributed by atoms with E-state index in [-0.39, 0.29) is 38.2 Å². The molecule has 1 atom stereocenters. The van der Waals surface area contributed by atoms with Crippen LogP contribution >= 0.6 is 34.8 Å². The number of methoxy groups -OCH3 is 1. The zero-order valence-electron chi connectivity index (χ0n) is 16.4. The Kier molecular flexibility index (Phi) is 7.20. The van der Waals surface area contributed by atoms with E-state index in [9.17, 15) is 13.2 Å². The highest BCUT2D eigenvalue weighted by Crippen LogP contribution is 2.34. The number of carbonyl (C=O) groups excluding carboxylic acids is 1. The summed E-state index contributed by atoms with van der Waals surface area (Å²) >= 11 is 18.1. The summed E-state index contributed by atoms with van der Waals surface area (Å²) in [6, 6.07) is 7.91. The lowest BCUT2D eigenvalue weighted by atomic mass is 9.98. The molecule has 6 nitrogen and oxygen atoms in total. The van der Waals surface area contributed by atoms with Gasteiger partial charge < -0.3 is 10.1 Å². The fourth-order valence-electron chi connectivity index (χ4n) is 3.35. The number of ether oxygens (including phenoxy) is 1. The molecule has 1 heterocycles. The number of amides is 1. The monoisotopic (exact) mass is 490 g/mol. The van der Waals surface area contributed by atoms with E-state index < -0.39 is 15.9 Å². The molecule has 1 aliphatic rings. The Morgan fingerprint density at radius 3 is 2.53 bits per heavy atom. The van der Waals surface area contributed by atoms with Gasteiger partial charge in [-0.25, -0.2) is 8.42 Å². The lowest BCUT2D eigenvalue weighted by molar-refractivity contribution is -0.120. The quantitative estimate of drug-likeness (QED) is 0.597. The van der Waals surface area contributed by atoms with Crippen LogP contribution in [-0.4, -0.2) is 38.8 Å². The van der Waals surface area contributed by atoms with E-state index in [4.69, 9.17) is 39.5 Å². The Labute approximate surface area is 191 Å². The third kappa shape index (κ3) is 4.86. The van der Waals surface area contributed by atoms with Crippen molar-refractivity contribution in [2.75, 3.05) is 25.5 Å². The van der Waals surface area contributed by atoms with E-state index in [1.165, 1.54) is 23.5 Å². The first-order valence-electron chi connectivity index (χ1n) is 9.23. The Hall–Kier alpha value is -1.51. The second-order valence-corrected chi connectivity index (χ2v) is 10.2. The molecule has 0 aromatic heterocycles. The average molecular weight is 492 g/mol. The molecule has 0 aliphatic carbocycles. The summed E-state index contributed by atoms with van der Waals surface area (Å²) in [6.45, 7) is 2.20. The molecule has 1 aliphatic heterocycles. The number of hydrogen-bond donors (Lipinski definition) is 1. The summed E-state index contributed by atoms with van der Waals surface area (Å²) in [5.74, 6) is -0.587. The number of nitrogens with one attached hydrogen (secondary N) is 1. The van der Waals surface area contributed by atoms with Gasteiger partial charge in [0.1, 0.15) is 10.6 Å². The van der Waals surface area contributed by atoms with E-state index in [2.05, 4.69) is 5.32 Å². The van der Waals surface area contributed by atoms with E-state index in [1.54, 1.807) is 18.2 Å². The number of sulfonamides is 1. The number of rotatable bonds is 5. The second kappa shape index (κ2) is 9.32. The second-order valence-electron chi connectivity index (χ2n) is 7.09. The molecule has 30 heavy (non-hydrogen) atoms. The largest absolute Gasteiger partial charge is 0.495 e. The predicted molar refractivity (Wildman–Crippen MR) is 119 cm³/mol. The van der Waals surface area contributed by atoms with Gasteiger partial charge >= 0.3 is 0 Å². The van der Waals surface area contributed by atoms with Crippen molar-refractivity contribution in [3.05, 3.63) is 51.0 Å². The maximum Gasteiger partial charge on any atom is 0.246 e. The molecule has 2 aromatic rings. The van der Waals surface area contributed by atoms with E-state index in [1.807, 2.05) is 6.92 Å². The summed E-state index contributed by atoms with van der Waals surface area (Å²) in [4.78, 5) is 12.9. The molecular formula is C20H21Cl3N2O4S. The third-order valence-electron chi connectivity index (χ3n) is 4.96. The molecule has 1 N–H and O–H groups in total. The van der Waals surface area contributed by atoms with Gasteiger partial charge in [0.2, 0.25) is 15.9 Å². The number of halogens is 3. The van der Waals surface area contributed by atoms with Crippen molar-refractivity contribution in [2.24, 2.45) is 5.92 Å². The Bertz CT molecular complexity index is 1080. The number of anilines is 1. The van der Waals surface area contributed by atoms with Crippen molar-refractivity contribution in [3.8, 4) is 5.75 Å². The molecule has 0 unspecified atom stereocenters. The molecule has 0 spiro atoms. The van der Waals surface area contributed by atoms with Crippen LogP contribution in [0.5, 0.6) is 5.75 Å². The minimum absolute atomic E-state index is 0.0597. The lowest BCUT2D eigenvalue weighted by Gasteiger charge is -2.31. The van der Waals surface area contributed by atoms with Gasteiger partial charge in [0.25, 0.3) is 0 Å². The van der Waals surface area contributed by atoms with E-state index in [0.29, 0.717) is 25.1 Å². The lowest BCUT2D eigenvalue weighted by Crippen LogP contribution is -2.43. The highest BCUT2D eigenvalue weighted by Gasteiger charge is 2.35. The predicted octanol–water partition coefficient (Wildman–Crippen LogP) is 5.00. The van der Waals surface area contributed by atoms with Crippen molar-refractivity contribution < 1.29 is 17.9 Å². The number of hydrogen-bond acceptors (Lipinski definition) is 4. The molecule has 10 heteroatoms. The van der Waals surface area contributed by atoms with Crippen molar-refractivity contribution in [1.82, 2.24) is 4.31 Å². The minimum atomic E-state index is -3.82. The normalized spacial score (nSPS) is 17.6. The van der Waals surface area contributed by atoms with Crippen molar-refractivity contribution >= 4 is 56.4 Å². The zero-order chi connectivity index (χ0) is 22.1. The van der Waals surface area contributed by atoms with Crippen LogP contribution < -0.4 is 10.1 Å². The first-order valence-corrected chi connectivity index (χ1v) is 11.8. The summed E-state index contributed by atoms with van der Waals surface area (Å²) in [7, 11) is -2.40. The van der Waals surface area contributed by atoms with Gasteiger partial charge in [-0.1, -0.05) is 40.9 Å². The smallest absolute Gasteiger partial charge is 0.246 e. The van der Waals surface area contributed by atoms with Crippen LogP contribution in [0, 0.1) is 12.8 Å². The van der Waals surface area contributed by atoms with Crippen LogP contribution in [-0.2, 0) is 14.8 Å². The Morgan fingerprint density at radius 2 is 1.83 bits per heavy atom. The molecule has 1 saturated heterocycles. The maximum atomic E-state index is 13.2. The zero-order valence-corrected chi connectivity index (χ0v) is 19.5. The van der Waals surface area contributed by atoms with Crippen LogP contribution in [0.1, 0.15) is 18.4 Å². The van der Waals surface area contributed by atoms with E-state index in [0.717, 1.165) is 5.56 Å². The number of carbonyl (C=O) groups is 1. The van der Waals surface area contributed by atoms with Crippen LogP contribution in [0.4, 0.5) is 5.69 Å². The van der Waals surface area contributed by atoms with Gasteiger partial charge in [-0.05, 0) is 49.6 Å². The molecule has 2 aromatic carbocycles.